The van der Waals surface area contributed by atoms with Gasteiger partial charge in [0.25, 0.3) is 0 Å². The molecule has 88 heavy (non-hydrogen) atoms. The third-order valence-electron chi connectivity index (χ3n) is 15.7. The first-order chi connectivity index (χ1) is 42.7. The van der Waals surface area contributed by atoms with Gasteiger partial charge in [-0.25, -0.2) is 0 Å². The maximum atomic E-state index is 2.28. The molecule has 0 spiro atoms. The minimum atomic E-state index is 0.285. The standard InChI is InChI=1S/2C19H16.C17H14.2C11H10.C11H16/c1-15-12-18(16-8-4-2-5-9-16)14-19(13-15)17-10-6-3-7-11-17;1-15-12-13-18(16-8-4-2-5-9-16)14-19(15)17-10-6-3-7-11-17;1-13-9-11-15(12-10-13)17-8-4-6-14-5-2-3-7-16(14)17;1-9-5-4-7-10-6-2-3-8-11(9)10;1-9-6-7-10-4-2-3-5-11(10)8-9;1-9-5-7-10(8-6-9)11(2,3)4/h2*2-14H,1H3;2-12H,1H3;2*2-8H,1H3;5-8H,1-4H3. The van der Waals surface area contributed by atoms with Crippen LogP contribution in [0.2, 0.25) is 0 Å². The normalized spacial score (nSPS) is 10.6. The van der Waals surface area contributed by atoms with Gasteiger partial charge in [-0.3, -0.25) is 0 Å². The minimum Gasteiger partial charge on any atom is -0.0622 e. The smallest absolute Gasteiger partial charge is 0.0105 e. The van der Waals surface area contributed by atoms with Gasteiger partial charge < -0.3 is 0 Å². The van der Waals surface area contributed by atoms with E-state index >= 15 is 0 Å². The molecule has 434 valence electrons. The molecule has 0 N–H and O–H groups in total. The van der Waals surface area contributed by atoms with Gasteiger partial charge in [0.05, 0.1) is 0 Å². The summed E-state index contributed by atoms with van der Waals surface area (Å²) in [7, 11) is 0. The second-order valence-electron chi connectivity index (χ2n) is 23.7. The summed E-state index contributed by atoms with van der Waals surface area (Å²) in [6.07, 6.45) is 0. The molecule has 0 bridgehead atoms. The fraction of sp³-hybridized carbons (Fsp3) is 0.114. The Morgan fingerprint density at radius 3 is 1.12 bits per heavy atom. The topological polar surface area (TPSA) is 0 Å². The third-order valence-corrected chi connectivity index (χ3v) is 15.7. The van der Waals surface area contributed by atoms with Crippen LogP contribution in [-0.2, 0) is 5.41 Å². The molecule has 0 aliphatic rings. The van der Waals surface area contributed by atoms with Crippen molar-refractivity contribution in [3.05, 3.63) is 373 Å². The van der Waals surface area contributed by atoms with Crippen LogP contribution in [0, 0.1) is 41.5 Å². The quantitative estimate of drug-likeness (QED) is 0.161. The van der Waals surface area contributed by atoms with Gasteiger partial charge >= 0.3 is 0 Å². The summed E-state index contributed by atoms with van der Waals surface area (Å²) < 4.78 is 0. The molecule has 0 saturated heterocycles. The van der Waals surface area contributed by atoms with Gasteiger partial charge in [-0.2, -0.15) is 0 Å². The van der Waals surface area contributed by atoms with E-state index in [9.17, 15) is 0 Å². The van der Waals surface area contributed by atoms with Crippen molar-refractivity contribution in [1.82, 2.24) is 0 Å². The summed E-state index contributed by atoms with van der Waals surface area (Å²) in [6, 6.07) is 118. The van der Waals surface area contributed by atoms with Gasteiger partial charge in [-0.05, 0) is 169 Å². The molecule has 0 saturated carbocycles. The highest BCUT2D eigenvalue weighted by molar-refractivity contribution is 5.96. The summed E-state index contributed by atoms with van der Waals surface area (Å²) >= 11 is 0. The van der Waals surface area contributed by atoms with Gasteiger partial charge in [0, 0.05) is 0 Å². The van der Waals surface area contributed by atoms with E-state index in [1.165, 1.54) is 127 Å². The molecule has 0 amide bonds. The van der Waals surface area contributed by atoms with Crippen LogP contribution in [0.25, 0.3) is 88.0 Å². The van der Waals surface area contributed by atoms with Crippen molar-refractivity contribution < 1.29 is 0 Å². The predicted molar refractivity (Wildman–Crippen MR) is 385 cm³/mol. The summed E-state index contributed by atoms with van der Waals surface area (Å²) in [5.41, 5.74) is 22.4. The number of fused-ring (bicyclic) bond motifs is 3. The SMILES string of the molecule is Cc1cc(-c2ccccc2)cc(-c2ccccc2)c1.Cc1ccc(-c2cccc3ccccc23)cc1.Cc1ccc(-c2ccccc2)cc1-c1ccccc1.Cc1ccc(C(C)(C)C)cc1.Cc1ccc2ccccc2c1.Cc1cccc2ccccc12. The van der Waals surface area contributed by atoms with Crippen molar-refractivity contribution in [1.29, 1.82) is 0 Å². The van der Waals surface area contributed by atoms with Gasteiger partial charge in [-0.1, -0.05) is 359 Å². The Labute approximate surface area is 525 Å². The van der Waals surface area contributed by atoms with Crippen molar-refractivity contribution in [2.45, 2.75) is 67.7 Å². The Balaban J connectivity index is 0.000000128. The zero-order chi connectivity index (χ0) is 61.7. The van der Waals surface area contributed by atoms with Crippen molar-refractivity contribution in [2.24, 2.45) is 0 Å². The van der Waals surface area contributed by atoms with E-state index in [0.717, 1.165) is 0 Å². The van der Waals surface area contributed by atoms with Gasteiger partial charge in [0.2, 0.25) is 0 Å². The van der Waals surface area contributed by atoms with E-state index in [-0.39, 0.29) is 5.41 Å². The number of aryl methyl sites for hydroxylation is 6. The molecule has 0 atom stereocenters. The van der Waals surface area contributed by atoms with Crippen LogP contribution < -0.4 is 0 Å². The van der Waals surface area contributed by atoms with E-state index < -0.39 is 0 Å². The van der Waals surface area contributed by atoms with Gasteiger partial charge in [0.1, 0.15) is 0 Å². The highest BCUT2D eigenvalue weighted by atomic mass is 14.2. The number of hydrogen-bond donors (Lipinski definition) is 0. The van der Waals surface area contributed by atoms with Gasteiger partial charge in [0.15, 0.2) is 0 Å². The highest BCUT2D eigenvalue weighted by Crippen LogP contribution is 2.32. The van der Waals surface area contributed by atoms with Gasteiger partial charge in [-0.15, -0.1) is 0 Å². The predicted octanol–water partition coefficient (Wildman–Crippen LogP) is 25.1. The average molecular weight is 1140 g/mol. The number of benzene rings is 14. The second kappa shape index (κ2) is 30.8. The maximum Gasteiger partial charge on any atom is -0.0105 e. The Hall–Kier alpha value is -10.1. The van der Waals surface area contributed by atoms with E-state index in [2.05, 4.69) is 396 Å². The molecule has 0 heteroatoms. The molecule has 0 nitrogen and oxygen atoms in total. The van der Waals surface area contributed by atoms with E-state index in [1.807, 2.05) is 0 Å². The van der Waals surface area contributed by atoms with Crippen molar-refractivity contribution in [3.63, 3.8) is 0 Å². The number of rotatable bonds is 5. The first-order valence-electron chi connectivity index (χ1n) is 30.7. The van der Waals surface area contributed by atoms with Crippen LogP contribution in [0.4, 0.5) is 0 Å². The Bertz CT molecular complexity index is 4340. The minimum absolute atomic E-state index is 0.285. The molecule has 0 aromatic heterocycles. The molecule has 0 radical (unpaired) electrons. The summed E-state index contributed by atoms with van der Waals surface area (Å²) in [4.78, 5) is 0. The van der Waals surface area contributed by atoms with E-state index in [0.29, 0.717) is 0 Å². The van der Waals surface area contributed by atoms with Crippen molar-refractivity contribution >= 4 is 32.3 Å². The lowest BCUT2D eigenvalue weighted by atomic mass is 9.87. The molecule has 0 fully saturated rings. The Kier molecular flexibility index (Phi) is 21.8. The summed E-state index contributed by atoms with van der Waals surface area (Å²) in [6.45, 7) is 19.5. The lowest BCUT2D eigenvalue weighted by Crippen LogP contribution is -2.10. The monoisotopic (exact) mass is 1140 g/mol. The zero-order valence-electron chi connectivity index (χ0n) is 52.8. The molecule has 14 aromatic carbocycles. The van der Waals surface area contributed by atoms with Crippen LogP contribution in [0.15, 0.2) is 334 Å². The zero-order valence-corrected chi connectivity index (χ0v) is 52.8. The van der Waals surface area contributed by atoms with E-state index in [1.54, 1.807) is 0 Å². The van der Waals surface area contributed by atoms with Crippen LogP contribution in [0.5, 0.6) is 0 Å². The molecule has 0 aliphatic heterocycles. The van der Waals surface area contributed by atoms with Crippen LogP contribution in [-0.4, -0.2) is 0 Å². The molecule has 0 unspecified atom stereocenters. The highest BCUT2D eigenvalue weighted by Gasteiger charge is 2.12. The first-order valence-corrected chi connectivity index (χ1v) is 30.7. The fourth-order valence-electron chi connectivity index (χ4n) is 10.7. The third kappa shape index (κ3) is 17.7. The van der Waals surface area contributed by atoms with Crippen LogP contribution >= 0.6 is 0 Å². The second-order valence-corrected chi connectivity index (χ2v) is 23.7. The Morgan fingerprint density at radius 2 is 0.591 bits per heavy atom. The lowest BCUT2D eigenvalue weighted by molar-refractivity contribution is 0.590. The maximum absolute atomic E-state index is 2.28. The molecular formula is C88H82. The van der Waals surface area contributed by atoms with Crippen LogP contribution in [0.1, 0.15) is 59.7 Å². The largest absolute Gasteiger partial charge is 0.0622 e. The average Bonchev–Trinajstić information content (AvgIpc) is 3.71. The molecular weight excluding hydrogens is 1060 g/mol. The molecule has 0 heterocycles. The summed E-state index contributed by atoms with van der Waals surface area (Å²) in [5, 5.41) is 7.94. The Morgan fingerprint density at radius 1 is 0.193 bits per heavy atom. The van der Waals surface area contributed by atoms with Crippen molar-refractivity contribution in [2.75, 3.05) is 0 Å². The molecule has 0 aliphatic carbocycles. The molecule has 14 rings (SSSR count). The lowest BCUT2D eigenvalue weighted by Gasteiger charge is -2.18. The van der Waals surface area contributed by atoms with Crippen LogP contribution in [0.3, 0.4) is 0 Å². The van der Waals surface area contributed by atoms with Crippen molar-refractivity contribution in [3.8, 4) is 55.6 Å². The first kappa shape index (κ1) is 62.4. The number of hydrogen-bond acceptors (Lipinski definition) is 0. The fourth-order valence-corrected chi connectivity index (χ4v) is 10.7. The molecule has 14 aromatic rings. The van der Waals surface area contributed by atoms with E-state index in [4.69, 9.17) is 0 Å². The summed E-state index contributed by atoms with van der Waals surface area (Å²) in [5.74, 6) is 0.